The quantitative estimate of drug-likeness (QED) is 0.537. The normalized spacial score (nSPS) is 13.8. The molecule has 2 rings (SSSR count). The van der Waals surface area contributed by atoms with Crippen LogP contribution < -0.4 is 5.43 Å². The van der Waals surface area contributed by atoms with Crippen molar-refractivity contribution in [3.8, 4) is 0 Å². The van der Waals surface area contributed by atoms with Gasteiger partial charge >= 0.3 is 0 Å². The average molecular weight is 149 g/mol. The molecule has 0 atom stereocenters. The molecular weight excluding hydrogens is 143 g/mol. The minimum absolute atomic E-state index is 0.266. The predicted molar refractivity (Wildman–Crippen MR) is 40.4 cm³/mol. The lowest BCUT2D eigenvalue weighted by molar-refractivity contribution is 0.627. The second-order valence-corrected chi connectivity index (χ2v) is 2.45. The highest BCUT2D eigenvalue weighted by Gasteiger charge is 2.13. The maximum Gasteiger partial charge on any atom is 0.125 e. The molecule has 1 aliphatic rings. The van der Waals surface area contributed by atoms with E-state index < -0.39 is 0 Å². The van der Waals surface area contributed by atoms with Gasteiger partial charge in [-0.05, 0) is 19.1 Å². The summed E-state index contributed by atoms with van der Waals surface area (Å²) in [5.41, 5.74) is 6.19. The molecule has 0 saturated heterocycles. The molecule has 0 N–H and O–H groups in total. The summed E-state index contributed by atoms with van der Waals surface area (Å²) < 4.78 is 12.6. The molecular formula is C8H6FN2. The minimum Gasteiger partial charge on any atom is -0.207 e. The van der Waals surface area contributed by atoms with Crippen LogP contribution in [0, 0.1) is 5.82 Å². The van der Waals surface area contributed by atoms with Gasteiger partial charge in [-0.3, -0.25) is 0 Å². The van der Waals surface area contributed by atoms with E-state index in [9.17, 15) is 4.39 Å². The van der Waals surface area contributed by atoms with Crippen molar-refractivity contribution < 1.29 is 4.39 Å². The molecule has 1 aliphatic heterocycles. The number of fused-ring (bicyclic) bond motifs is 1. The van der Waals surface area contributed by atoms with Crippen molar-refractivity contribution in [2.24, 2.45) is 5.10 Å². The first-order valence-electron chi connectivity index (χ1n) is 3.32. The molecule has 1 aromatic carbocycles. The van der Waals surface area contributed by atoms with Gasteiger partial charge in [0.05, 0.1) is 11.4 Å². The first-order chi connectivity index (χ1) is 5.27. The monoisotopic (exact) mass is 149 g/mol. The third-order valence-corrected chi connectivity index (χ3v) is 1.66. The maximum absolute atomic E-state index is 12.6. The number of rotatable bonds is 0. The molecule has 3 heteroatoms. The SMILES string of the molecule is CC1=N[N]c2cc(F)ccc21. The van der Waals surface area contributed by atoms with Crippen molar-refractivity contribution in [3.63, 3.8) is 0 Å². The molecule has 0 bridgehead atoms. The van der Waals surface area contributed by atoms with Gasteiger partial charge in [0.2, 0.25) is 0 Å². The molecule has 0 unspecified atom stereocenters. The van der Waals surface area contributed by atoms with E-state index in [-0.39, 0.29) is 5.82 Å². The van der Waals surface area contributed by atoms with Gasteiger partial charge in [-0.2, -0.15) is 10.5 Å². The number of nitrogens with zero attached hydrogens (tertiary/aromatic N) is 2. The standard InChI is InChI=1S/C8H6FN2/c1-5-7-3-2-6(9)4-8(7)11-10-5/h2-4H,1H3. The van der Waals surface area contributed by atoms with Crippen molar-refractivity contribution >= 4 is 11.4 Å². The molecule has 0 saturated carbocycles. The molecule has 0 fully saturated rings. The Labute approximate surface area is 63.7 Å². The zero-order chi connectivity index (χ0) is 7.84. The molecule has 1 heterocycles. The Bertz CT molecular complexity index is 331. The van der Waals surface area contributed by atoms with Gasteiger partial charge in [0.25, 0.3) is 0 Å². The van der Waals surface area contributed by atoms with Crippen LogP contribution in [0.3, 0.4) is 0 Å². The zero-order valence-corrected chi connectivity index (χ0v) is 6.00. The molecule has 11 heavy (non-hydrogen) atoms. The highest BCUT2D eigenvalue weighted by Crippen LogP contribution is 2.22. The van der Waals surface area contributed by atoms with Gasteiger partial charge in [0, 0.05) is 11.6 Å². The van der Waals surface area contributed by atoms with Crippen molar-refractivity contribution in [2.75, 3.05) is 0 Å². The Morgan fingerprint density at radius 1 is 1.36 bits per heavy atom. The van der Waals surface area contributed by atoms with E-state index >= 15 is 0 Å². The molecule has 0 aliphatic carbocycles. The van der Waals surface area contributed by atoms with Crippen LogP contribution in [0.1, 0.15) is 12.5 Å². The fourth-order valence-corrected chi connectivity index (χ4v) is 1.08. The van der Waals surface area contributed by atoms with Gasteiger partial charge in [-0.15, -0.1) is 0 Å². The van der Waals surface area contributed by atoms with Crippen LogP contribution in [-0.4, -0.2) is 5.71 Å². The Hall–Kier alpha value is -1.38. The summed E-state index contributed by atoms with van der Waals surface area (Å²) in [6.07, 6.45) is 0. The fourth-order valence-electron chi connectivity index (χ4n) is 1.08. The maximum atomic E-state index is 12.6. The van der Waals surface area contributed by atoms with Crippen molar-refractivity contribution in [2.45, 2.75) is 6.92 Å². The highest BCUT2D eigenvalue weighted by molar-refractivity contribution is 6.04. The summed E-state index contributed by atoms with van der Waals surface area (Å²) >= 11 is 0. The number of hydrogen-bond acceptors (Lipinski definition) is 1. The van der Waals surface area contributed by atoms with Gasteiger partial charge in [-0.1, -0.05) is 0 Å². The fraction of sp³-hybridized carbons (Fsp3) is 0.125. The summed E-state index contributed by atoms with van der Waals surface area (Å²) in [5.74, 6) is -0.266. The van der Waals surface area contributed by atoms with E-state index in [2.05, 4.69) is 10.5 Å². The topological polar surface area (TPSA) is 26.5 Å². The third kappa shape index (κ3) is 0.888. The van der Waals surface area contributed by atoms with Crippen LogP contribution in [0.4, 0.5) is 10.1 Å². The smallest absolute Gasteiger partial charge is 0.125 e. The minimum atomic E-state index is -0.266. The second-order valence-electron chi connectivity index (χ2n) is 2.45. The third-order valence-electron chi connectivity index (χ3n) is 1.66. The first-order valence-corrected chi connectivity index (χ1v) is 3.32. The van der Waals surface area contributed by atoms with Crippen molar-refractivity contribution in [3.05, 3.63) is 29.6 Å². The molecule has 1 radical (unpaired) electrons. The average Bonchev–Trinajstić information content (AvgIpc) is 2.32. The van der Waals surface area contributed by atoms with E-state index in [1.165, 1.54) is 12.1 Å². The molecule has 1 aromatic rings. The van der Waals surface area contributed by atoms with Crippen LogP contribution in [-0.2, 0) is 0 Å². The lowest BCUT2D eigenvalue weighted by Crippen LogP contribution is -1.88. The number of halogens is 1. The van der Waals surface area contributed by atoms with Crippen LogP contribution in [0.2, 0.25) is 0 Å². The Kier molecular flexibility index (Phi) is 1.18. The summed E-state index contributed by atoms with van der Waals surface area (Å²) in [4.78, 5) is 0. The van der Waals surface area contributed by atoms with Gasteiger partial charge in [-0.25, -0.2) is 4.39 Å². The first kappa shape index (κ1) is 6.34. The summed E-state index contributed by atoms with van der Waals surface area (Å²) in [5, 5.41) is 3.82. The Balaban J connectivity index is 2.58. The summed E-state index contributed by atoms with van der Waals surface area (Å²) in [6, 6.07) is 4.49. The zero-order valence-electron chi connectivity index (χ0n) is 6.00. The van der Waals surface area contributed by atoms with E-state index in [0.717, 1.165) is 11.3 Å². The Morgan fingerprint density at radius 3 is 3.00 bits per heavy atom. The molecule has 0 spiro atoms. The lowest BCUT2D eigenvalue weighted by atomic mass is 10.1. The highest BCUT2D eigenvalue weighted by atomic mass is 19.1. The largest absolute Gasteiger partial charge is 0.207 e. The Morgan fingerprint density at radius 2 is 2.18 bits per heavy atom. The van der Waals surface area contributed by atoms with Crippen LogP contribution in [0.15, 0.2) is 23.3 Å². The second kappa shape index (κ2) is 2.05. The van der Waals surface area contributed by atoms with Gasteiger partial charge < -0.3 is 0 Å². The van der Waals surface area contributed by atoms with E-state index in [1.54, 1.807) is 6.07 Å². The van der Waals surface area contributed by atoms with Gasteiger partial charge in [0.1, 0.15) is 5.82 Å². The van der Waals surface area contributed by atoms with Crippen LogP contribution >= 0.6 is 0 Å². The van der Waals surface area contributed by atoms with Gasteiger partial charge in [0.15, 0.2) is 0 Å². The van der Waals surface area contributed by atoms with E-state index in [1.807, 2.05) is 6.92 Å². The molecule has 0 amide bonds. The van der Waals surface area contributed by atoms with E-state index in [4.69, 9.17) is 0 Å². The number of benzene rings is 1. The van der Waals surface area contributed by atoms with Crippen molar-refractivity contribution in [1.82, 2.24) is 5.43 Å². The van der Waals surface area contributed by atoms with Crippen LogP contribution in [0.5, 0.6) is 0 Å². The molecule has 2 nitrogen and oxygen atoms in total. The molecule has 0 aromatic heterocycles. The molecule has 55 valence electrons. The number of hydrogen-bond donors (Lipinski definition) is 0. The van der Waals surface area contributed by atoms with E-state index in [0.29, 0.717) is 5.69 Å². The van der Waals surface area contributed by atoms with Crippen molar-refractivity contribution in [1.29, 1.82) is 0 Å². The van der Waals surface area contributed by atoms with Crippen LogP contribution in [0.25, 0.3) is 0 Å². The summed E-state index contributed by atoms with van der Waals surface area (Å²) in [6.45, 7) is 1.85. The summed E-state index contributed by atoms with van der Waals surface area (Å²) in [7, 11) is 0. The predicted octanol–water partition coefficient (Wildman–Crippen LogP) is 1.80. The lowest BCUT2D eigenvalue weighted by Gasteiger charge is -1.95.